The first-order valence-corrected chi connectivity index (χ1v) is 7.18. The second kappa shape index (κ2) is 7.29. The minimum absolute atomic E-state index is 0.0362. The van der Waals surface area contributed by atoms with Crippen LogP contribution in [0.5, 0.6) is 0 Å². The molecule has 118 valence electrons. The Morgan fingerprint density at radius 1 is 1.30 bits per heavy atom. The Morgan fingerprint density at radius 3 is 2.55 bits per heavy atom. The third kappa shape index (κ3) is 5.69. The number of unbranched alkanes of at least 4 members (excludes halogenated alkanes) is 4. The molecule has 1 fully saturated rings. The molecule has 0 N–H and O–H groups in total. The SMILES string of the molecule is CCCCCCC[C@@H]1C[C@@](C)(OC(=O)C(F)(F)F)CO1. The third-order valence-corrected chi connectivity index (χ3v) is 3.48. The van der Waals surface area contributed by atoms with E-state index in [0.717, 1.165) is 19.3 Å². The van der Waals surface area contributed by atoms with E-state index in [1.54, 1.807) is 0 Å². The van der Waals surface area contributed by atoms with Gasteiger partial charge in [-0.15, -0.1) is 0 Å². The van der Waals surface area contributed by atoms with Crippen molar-refractivity contribution in [3.63, 3.8) is 0 Å². The van der Waals surface area contributed by atoms with Gasteiger partial charge in [0.1, 0.15) is 5.60 Å². The van der Waals surface area contributed by atoms with Crippen LogP contribution in [-0.4, -0.2) is 30.5 Å². The summed E-state index contributed by atoms with van der Waals surface area (Å²) in [5.41, 5.74) is -1.15. The Morgan fingerprint density at radius 2 is 1.95 bits per heavy atom. The molecular weight excluding hydrogens is 273 g/mol. The van der Waals surface area contributed by atoms with Gasteiger partial charge in [0.15, 0.2) is 0 Å². The summed E-state index contributed by atoms with van der Waals surface area (Å²) in [6.45, 7) is 3.67. The topological polar surface area (TPSA) is 35.5 Å². The number of ether oxygens (including phenoxy) is 2. The summed E-state index contributed by atoms with van der Waals surface area (Å²) in [4.78, 5) is 10.9. The fraction of sp³-hybridized carbons (Fsp3) is 0.929. The van der Waals surface area contributed by atoms with E-state index in [9.17, 15) is 18.0 Å². The molecule has 0 saturated carbocycles. The number of halogens is 3. The zero-order valence-electron chi connectivity index (χ0n) is 12.1. The van der Waals surface area contributed by atoms with Crippen molar-refractivity contribution in [3.8, 4) is 0 Å². The van der Waals surface area contributed by atoms with Crippen LogP contribution in [0.2, 0.25) is 0 Å². The fourth-order valence-electron chi connectivity index (χ4n) is 2.41. The maximum atomic E-state index is 12.2. The number of hydrogen-bond acceptors (Lipinski definition) is 3. The zero-order chi connectivity index (χ0) is 15.2. The van der Waals surface area contributed by atoms with Gasteiger partial charge in [0.25, 0.3) is 0 Å². The summed E-state index contributed by atoms with van der Waals surface area (Å²) in [5, 5.41) is 0. The minimum Gasteiger partial charge on any atom is -0.450 e. The second-order valence-corrected chi connectivity index (χ2v) is 5.68. The van der Waals surface area contributed by atoms with Crippen molar-refractivity contribution in [2.75, 3.05) is 6.61 Å². The lowest BCUT2D eigenvalue weighted by Gasteiger charge is -2.23. The number of carbonyl (C=O) groups is 1. The van der Waals surface area contributed by atoms with Crippen LogP contribution in [0.25, 0.3) is 0 Å². The van der Waals surface area contributed by atoms with Crippen LogP contribution in [-0.2, 0) is 14.3 Å². The van der Waals surface area contributed by atoms with Crippen molar-refractivity contribution in [2.24, 2.45) is 0 Å². The molecule has 0 aliphatic carbocycles. The van der Waals surface area contributed by atoms with Gasteiger partial charge in [0, 0.05) is 6.42 Å². The van der Waals surface area contributed by atoms with Crippen LogP contribution in [0.3, 0.4) is 0 Å². The Hall–Kier alpha value is -0.780. The molecule has 1 saturated heterocycles. The summed E-state index contributed by atoms with van der Waals surface area (Å²) in [6, 6.07) is 0. The van der Waals surface area contributed by atoms with Crippen molar-refractivity contribution in [1.82, 2.24) is 0 Å². The van der Waals surface area contributed by atoms with E-state index in [1.165, 1.54) is 26.2 Å². The van der Waals surface area contributed by atoms with Crippen LogP contribution < -0.4 is 0 Å². The molecule has 0 radical (unpaired) electrons. The largest absolute Gasteiger partial charge is 0.490 e. The summed E-state index contributed by atoms with van der Waals surface area (Å²) in [5.74, 6) is -2.13. The van der Waals surface area contributed by atoms with E-state index in [0.29, 0.717) is 6.42 Å². The molecule has 3 nitrogen and oxygen atoms in total. The monoisotopic (exact) mass is 296 g/mol. The Kier molecular flexibility index (Phi) is 6.30. The molecule has 0 aromatic rings. The highest BCUT2D eigenvalue weighted by Crippen LogP contribution is 2.32. The van der Waals surface area contributed by atoms with Gasteiger partial charge < -0.3 is 9.47 Å². The molecule has 6 heteroatoms. The molecule has 20 heavy (non-hydrogen) atoms. The zero-order valence-corrected chi connectivity index (χ0v) is 12.1. The minimum atomic E-state index is -4.94. The normalized spacial score (nSPS) is 26.8. The van der Waals surface area contributed by atoms with Crippen LogP contribution in [0, 0.1) is 0 Å². The van der Waals surface area contributed by atoms with Crippen LogP contribution in [0.15, 0.2) is 0 Å². The van der Waals surface area contributed by atoms with Gasteiger partial charge in [0.05, 0.1) is 12.7 Å². The van der Waals surface area contributed by atoms with Gasteiger partial charge in [-0.05, 0) is 13.3 Å². The van der Waals surface area contributed by atoms with Crippen molar-refractivity contribution >= 4 is 5.97 Å². The first-order valence-electron chi connectivity index (χ1n) is 7.18. The van der Waals surface area contributed by atoms with Crippen molar-refractivity contribution in [2.45, 2.75) is 76.7 Å². The van der Waals surface area contributed by atoms with Gasteiger partial charge >= 0.3 is 12.1 Å². The number of alkyl halides is 3. The first kappa shape index (κ1) is 17.3. The molecular formula is C14H23F3O3. The second-order valence-electron chi connectivity index (χ2n) is 5.68. The Bertz CT molecular complexity index is 317. The lowest BCUT2D eigenvalue weighted by Crippen LogP contribution is -2.38. The number of rotatable bonds is 7. The molecule has 1 aliphatic rings. The van der Waals surface area contributed by atoms with E-state index in [-0.39, 0.29) is 12.7 Å². The van der Waals surface area contributed by atoms with Gasteiger partial charge in [0.2, 0.25) is 0 Å². The van der Waals surface area contributed by atoms with Crippen molar-refractivity contribution in [1.29, 1.82) is 0 Å². The average Bonchev–Trinajstić information content (AvgIpc) is 2.69. The third-order valence-electron chi connectivity index (χ3n) is 3.48. The molecule has 0 aromatic heterocycles. The van der Waals surface area contributed by atoms with Crippen molar-refractivity contribution in [3.05, 3.63) is 0 Å². The molecule has 0 unspecified atom stereocenters. The summed E-state index contributed by atoms with van der Waals surface area (Å²) in [7, 11) is 0. The van der Waals surface area contributed by atoms with E-state index < -0.39 is 17.7 Å². The molecule has 0 aromatic carbocycles. The number of carbonyl (C=O) groups excluding carboxylic acids is 1. The quantitative estimate of drug-likeness (QED) is 0.526. The predicted octanol–water partition coefficient (Wildman–Crippen LogP) is 4.00. The Balaban J connectivity index is 2.29. The summed E-state index contributed by atoms with van der Waals surface area (Å²) < 4.78 is 46.5. The smallest absolute Gasteiger partial charge is 0.450 e. The fourth-order valence-corrected chi connectivity index (χ4v) is 2.41. The van der Waals surface area contributed by atoms with E-state index >= 15 is 0 Å². The average molecular weight is 296 g/mol. The number of hydrogen-bond donors (Lipinski definition) is 0. The molecule has 1 rings (SSSR count). The maximum Gasteiger partial charge on any atom is 0.490 e. The highest BCUT2D eigenvalue weighted by atomic mass is 19.4. The predicted molar refractivity (Wildman–Crippen MR) is 68.3 cm³/mol. The highest BCUT2D eigenvalue weighted by molar-refractivity contribution is 5.76. The van der Waals surface area contributed by atoms with E-state index in [1.807, 2.05) is 0 Å². The lowest BCUT2D eigenvalue weighted by molar-refractivity contribution is -0.212. The first-order chi connectivity index (χ1) is 9.27. The van der Waals surface area contributed by atoms with Gasteiger partial charge in [-0.2, -0.15) is 13.2 Å². The van der Waals surface area contributed by atoms with E-state index in [2.05, 4.69) is 11.7 Å². The molecule has 0 spiro atoms. The number of esters is 1. The Labute approximate surface area is 117 Å². The van der Waals surface area contributed by atoms with Gasteiger partial charge in [-0.3, -0.25) is 0 Å². The van der Waals surface area contributed by atoms with E-state index in [4.69, 9.17) is 4.74 Å². The molecule has 1 heterocycles. The van der Waals surface area contributed by atoms with Crippen molar-refractivity contribution < 1.29 is 27.4 Å². The summed E-state index contributed by atoms with van der Waals surface area (Å²) in [6.07, 6.45) is 1.73. The molecule has 1 aliphatic heterocycles. The summed E-state index contributed by atoms with van der Waals surface area (Å²) >= 11 is 0. The maximum absolute atomic E-state index is 12.2. The van der Waals surface area contributed by atoms with Crippen LogP contribution in [0.4, 0.5) is 13.2 Å². The standard InChI is InChI=1S/C14H23F3O3/c1-3-4-5-6-7-8-11-9-13(2,10-19-11)20-12(18)14(15,16)17/h11H,3-10H2,1-2H3/t11-,13-/m1/s1. The molecule has 0 amide bonds. The van der Waals surface area contributed by atoms with Crippen LogP contribution in [0.1, 0.15) is 58.8 Å². The highest BCUT2D eigenvalue weighted by Gasteiger charge is 2.47. The lowest BCUT2D eigenvalue weighted by atomic mass is 9.99. The van der Waals surface area contributed by atoms with Gasteiger partial charge in [-0.25, -0.2) is 4.79 Å². The molecule has 2 atom stereocenters. The van der Waals surface area contributed by atoms with Gasteiger partial charge in [-0.1, -0.05) is 39.0 Å². The van der Waals surface area contributed by atoms with Crippen LogP contribution >= 0.6 is 0 Å². The molecule has 0 bridgehead atoms.